The van der Waals surface area contributed by atoms with Gasteiger partial charge in [-0.2, -0.15) is 5.26 Å². The van der Waals surface area contributed by atoms with E-state index in [1.807, 2.05) is 13.0 Å². The van der Waals surface area contributed by atoms with Gasteiger partial charge in [0.05, 0.1) is 12.7 Å². The lowest BCUT2D eigenvalue weighted by atomic mass is 10.2. The zero-order valence-electron chi connectivity index (χ0n) is 10.6. The average Bonchev–Trinajstić information content (AvgIpc) is 2.41. The van der Waals surface area contributed by atoms with Crippen LogP contribution < -0.4 is 9.47 Å². The SMILES string of the molecule is COc1ccc(C#N)c(Oc2ccc(Cl)cc2C)c1. The minimum absolute atomic E-state index is 0.454. The summed E-state index contributed by atoms with van der Waals surface area (Å²) in [6.45, 7) is 1.90. The molecule has 0 atom stereocenters. The van der Waals surface area contributed by atoms with Crippen LogP contribution in [-0.4, -0.2) is 7.11 Å². The van der Waals surface area contributed by atoms with Gasteiger partial charge in [-0.15, -0.1) is 0 Å². The molecule has 2 rings (SSSR count). The summed E-state index contributed by atoms with van der Waals surface area (Å²) in [4.78, 5) is 0. The fourth-order valence-corrected chi connectivity index (χ4v) is 1.88. The van der Waals surface area contributed by atoms with E-state index in [0.29, 0.717) is 27.8 Å². The van der Waals surface area contributed by atoms with E-state index < -0.39 is 0 Å². The summed E-state index contributed by atoms with van der Waals surface area (Å²) in [5.41, 5.74) is 1.36. The Morgan fingerprint density at radius 3 is 2.53 bits per heavy atom. The highest BCUT2D eigenvalue weighted by molar-refractivity contribution is 6.30. The van der Waals surface area contributed by atoms with Crippen molar-refractivity contribution >= 4 is 11.6 Å². The molecular formula is C15H12ClNO2. The van der Waals surface area contributed by atoms with Crippen molar-refractivity contribution in [2.75, 3.05) is 7.11 Å². The first kappa shape index (κ1) is 13.3. The molecule has 2 aromatic carbocycles. The summed E-state index contributed by atoms with van der Waals surface area (Å²) in [7, 11) is 1.57. The van der Waals surface area contributed by atoms with Gasteiger partial charge in [0.25, 0.3) is 0 Å². The van der Waals surface area contributed by atoms with Gasteiger partial charge < -0.3 is 9.47 Å². The van der Waals surface area contributed by atoms with Gasteiger partial charge in [-0.1, -0.05) is 11.6 Å². The fourth-order valence-electron chi connectivity index (χ4n) is 1.65. The van der Waals surface area contributed by atoms with Crippen LogP contribution in [0.15, 0.2) is 36.4 Å². The van der Waals surface area contributed by atoms with Gasteiger partial charge in [0.15, 0.2) is 0 Å². The third kappa shape index (κ3) is 2.98. The number of nitriles is 1. The highest BCUT2D eigenvalue weighted by Crippen LogP contribution is 2.31. The molecule has 96 valence electrons. The molecule has 0 fully saturated rings. The van der Waals surface area contributed by atoms with Crippen LogP contribution in [0.3, 0.4) is 0 Å². The second-order valence-corrected chi connectivity index (χ2v) is 4.42. The van der Waals surface area contributed by atoms with E-state index in [-0.39, 0.29) is 0 Å². The van der Waals surface area contributed by atoms with Crippen molar-refractivity contribution in [3.8, 4) is 23.3 Å². The third-order valence-corrected chi connectivity index (χ3v) is 2.90. The molecule has 0 saturated heterocycles. The van der Waals surface area contributed by atoms with E-state index in [1.165, 1.54) is 0 Å². The first-order valence-corrected chi connectivity index (χ1v) is 6.04. The fraction of sp³-hybridized carbons (Fsp3) is 0.133. The first-order chi connectivity index (χ1) is 9.13. The van der Waals surface area contributed by atoms with Crippen LogP contribution in [0.25, 0.3) is 0 Å². The van der Waals surface area contributed by atoms with Gasteiger partial charge in [0, 0.05) is 11.1 Å². The van der Waals surface area contributed by atoms with Crippen molar-refractivity contribution < 1.29 is 9.47 Å². The number of aryl methyl sites for hydroxylation is 1. The van der Waals surface area contributed by atoms with E-state index >= 15 is 0 Å². The van der Waals surface area contributed by atoms with Crippen LogP contribution in [0.2, 0.25) is 5.02 Å². The van der Waals surface area contributed by atoms with Gasteiger partial charge in [-0.3, -0.25) is 0 Å². The van der Waals surface area contributed by atoms with Gasteiger partial charge in [0.2, 0.25) is 0 Å². The number of hydrogen-bond donors (Lipinski definition) is 0. The number of methoxy groups -OCH3 is 1. The molecule has 0 bridgehead atoms. The molecule has 0 spiro atoms. The van der Waals surface area contributed by atoms with Crippen LogP contribution in [0, 0.1) is 18.3 Å². The maximum Gasteiger partial charge on any atom is 0.148 e. The van der Waals surface area contributed by atoms with E-state index in [9.17, 15) is 0 Å². The summed E-state index contributed by atoms with van der Waals surface area (Å²) in [6.07, 6.45) is 0. The Labute approximate surface area is 117 Å². The number of benzene rings is 2. The Kier molecular flexibility index (Phi) is 3.94. The Balaban J connectivity index is 2.39. The van der Waals surface area contributed by atoms with E-state index in [1.54, 1.807) is 37.4 Å². The largest absolute Gasteiger partial charge is 0.497 e. The highest BCUT2D eigenvalue weighted by Gasteiger charge is 2.08. The molecule has 4 heteroatoms. The van der Waals surface area contributed by atoms with Crippen LogP contribution in [-0.2, 0) is 0 Å². The number of halogens is 1. The summed E-state index contributed by atoms with van der Waals surface area (Å²) < 4.78 is 10.9. The molecule has 0 heterocycles. The van der Waals surface area contributed by atoms with Crippen molar-refractivity contribution in [1.82, 2.24) is 0 Å². The van der Waals surface area contributed by atoms with Crippen molar-refractivity contribution in [3.63, 3.8) is 0 Å². The van der Waals surface area contributed by atoms with Crippen molar-refractivity contribution in [1.29, 1.82) is 5.26 Å². The Bertz CT molecular complexity index is 647. The van der Waals surface area contributed by atoms with Gasteiger partial charge in [0.1, 0.15) is 23.3 Å². The Hall–Kier alpha value is -2.18. The molecule has 19 heavy (non-hydrogen) atoms. The maximum atomic E-state index is 9.08. The van der Waals surface area contributed by atoms with E-state index in [4.69, 9.17) is 26.3 Å². The molecule has 0 saturated carbocycles. The highest BCUT2D eigenvalue weighted by atomic mass is 35.5. The zero-order chi connectivity index (χ0) is 13.8. The average molecular weight is 274 g/mol. The van der Waals surface area contributed by atoms with Gasteiger partial charge in [-0.25, -0.2) is 0 Å². The molecule has 0 aromatic heterocycles. The smallest absolute Gasteiger partial charge is 0.148 e. The topological polar surface area (TPSA) is 42.2 Å². The van der Waals surface area contributed by atoms with E-state index in [2.05, 4.69) is 6.07 Å². The van der Waals surface area contributed by atoms with Crippen molar-refractivity contribution in [2.24, 2.45) is 0 Å². The summed E-state index contributed by atoms with van der Waals surface area (Å²) in [5, 5.41) is 9.73. The molecule has 0 unspecified atom stereocenters. The number of hydrogen-bond acceptors (Lipinski definition) is 3. The van der Waals surface area contributed by atoms with Crippen LogP contribution in [0.4, 0.5) is 0 Å². The normalized spacial score (nSPS) is 9.79. The molecule has 0 aliphatic heterocycles. The molecule has 3 nitrogen and oxygen atoms in total. The predicted molar refractivity (Wildman–Crippen MR) is 74.0 cm³/mol. The van der Waals surface area contributed by atoms with Gasteiger partial charge >= 0.3 is 0 Å². The zero-order valence-corrected chi connectivity index (χ0v) is 11.4. The Morgan fingerprint density at radius 2 is 1.89 bits per heavy atom. The molecule has 0 aliphatic rings. The lowest BCUT2D eigenvalue weighted by molar-refractivity contribution is 0.408. The lowest BCUT2D eigenvalue weighted by Gasteiger charge is -2.11. The third-order valence-electron chi connectivity index (χ3n) is 2.67. The number of nitrogens with zero attached hydrogens (tertiary/aromatic N) is 1. The second kappa shape index (κ2) is 5.64. The number of rotatable bonds is 3. The predicted octanol–water partition coefficient (Wildman–Crippen LogP) is 4.32. The quantitative estimate of drug-likeness (QED) is 0.836. The molecule has 0 radical (unpaired) electrons. The summed E-state index contributed by atoms with van der Waals surface area (Å²) in [5.74, 6) is 1.77. The monoisotopic (exact) mass is 273 g/mol. The minimum atomic E-state index is 0.454. The molecule has 0 aliphatic carbocycles. The summed E-state index contributed by atoms with van der Waals surface area (Å²) >= 11 is 5.90. The van der Waals surface area contributed by atoms with Crippen molar-refractivity contribution in [3.05, 3.63) is 52.5 Å². The Morgan fingerprint density at radius 1 is 1.11 bits per heavy atom. The van der Waals surface area contributed by atoms with Gasteiger partial charge in [-0.05, 0) is 42.8 Å². The molecule has 0 amide bonds. The van der Waals surface area contributed by atoms with Crippen LogP contribution >= 0.6 is 11.6 Å². The van der Waals surface area contributed by atoms with E-state index in [0.717, 1.165) is 5.56 Å². The molecular weight excluding hydrogens is 262 g/mol. The summed E-state index contributed by atoms with van der Waals surface area (Å²) in [6, 6.07) is 12.5. The second-order valence-electron chi connectivity index (χ2n) is 3.99. The maximum absolute atomic E-state index is 9.08. The van der Waals surface area contributed by atoms with Crippen LogP contribution in [0.5, 0.6) is 17.2 Å². The standard InChI is InChI=1S/C15H12ClNO2/c1-10-7-12(16)4-6-14(10)19-15-8-13(18-2)5-3-11(15)9-17/h3-8H,1-2H3. The number of ether oxygens (including phenoxy) is 2. The first-order valence-electron chi connectivity index (χ1n) is 5.66. The van der Waals surface area contributed by atoms with Crippen molar-refractivity contribution in [2.45, 2.75) is 6.92 Å². The lowest BCUT2D eigenvalue weighted by Crippen LogP contribution is -1.92. The van der Waals surface area contributed by atoms with Crippen LogP contribution in [0.1, 0.15) is 11.1 Å². The molecule has 0 N–H and O–H groups in total. The minimum Gasteiger partial charge on any atom is -0.497 e. The molecule has 2 aromatic rings.